The van der Waals surface area contributed by atoms with Gasteiger partial charge in [0.2, 0.25) is 0 Å². The molecule has 1 saturated carbocycles. The molecule has 1 aliphatic carbocycles. The molecule has 1 aromatic heterocycles. The Labute approximate surface area is 129 Å². The second-order valence-corrected chi connectivity index (χ2v) is 6.41. The second kappa shape index (κ2) is 6.02. The number of rotatable bonds is 2. The average molecular weight is 303 g/mol. The molecule has 22 heavy (non-hydrogen) atoms. The number of piperidine rings is 1. The van der Waals surface area contributed by atoms with Crippen LogP contribution in [-0.2, 0) is 0 Å². The number of carbonyl (C=O) groups is 2. The molecule has 2 heterocycles. The Morgan fingerprint density at radius 3 is 2.14 bits per heavy atom. The van der Waals surface area contributed by atoms with Gasteiger partial charge in [-0.1, -0.05) is 19.3 Å². The highest BCUT2D eigenvalue weighted by molar-refractivity contribution is 6.01. The lowest BCUT2D eigenvalue weighted by Gasteiger charge is -2.44. The van der Waals surface area contributed by atoms with Crippen LogP contribution >= 0.6 is 0 Å². The minimum absolute atomic E-state index is 0.0467. The fourth-order valence-electron chi connectivity index (χ4n) is 3.79. The summed E-state index contributed by atoms with van der Waals surface area (Å²) in [6.07, 6.45) is 11.1. The van der Waals surface area contributed by atoms with Crippen LogP contribution in [0.4, 0.5) is 0 Å². The quantitative estimate of drug-likeness (QED) is 0.906. The van der Waals surface area contributed by atoms with Crippen LogP contribution in [0, 0.1) is 5.41 Å². The Bertz CT molecular complexity index is 572. The Morgan fingerprint density at radius 1 is 0.955 bits per heavy atom. The lowest BCUT2D eigenvalue weighted by molar-refractivity contribution is 0.0459. The summed E-state index contributed by atoms with van der Waals surface area (Å²) >= 11 is 0. The molecular weight excluding hydrogens is 282 g/mol. The molecular formula is C16H21N3O3. The minimum atomic E-state index is -1.21. The van der Waals surface area contributed by atoms with E-state index < -0.39 is 5.97 Å². The zero-order valence-electron chi connectivity index (χ0n) is 12.6. The fraction of sp³-hybridized carbons (Fsp3) is 0.625. The monoisotopic (exact) mass is 303 g/mol. The largest absolute Gasteiger partial charge is 0.476 e. The number of hydrogen-bond acceptors (Lipinski definition) is 4. The smallest absolute Gasteiger partial charge is 0.356 e. The van der Waals surface area contributed by atoms with E-state index in [9.17, 15) is 9.59 Å². The second-order valence-electron chi connectivity index (χ2n) is 6.41. The van der Waals surface area contributed by atoms with Gasteiger partial charge in [0.25, 0.3) is 5.91 Å². The van der Waals surface area contributed by atoms with Crippen LogP contribution in [0.3, 0.4) is 0 Å². The number of amides is 1. The highest BCUT2D eigenvalue weighted by atomic mass is 16.4. The van der Waals surface area contributed by atoms with Crippen molar-refractivity contribution in [3.05, 3.63) is 23.8 Å². The molecule has 0 bridgehead atoms. The summed E-state index contributed by atoms with van der Waals surface area (Å²) in [6, 6.07) is 0. The van der Waals surface area contributed by atoms with Crippen LogP contribution in [0.1, 0.15) is 65.9 Å². The number of carboxylic acids is 1. The molecule has 1 spiro atoms. The first-order valence-electron chi connectivity index (χ1n) is 7.95. The molecule has 1 saturated heterocycles. The van der Waals surface area contributed by atoms with Crippen molar-refractivity contribution in [1.29, 1.82) is 0 Å². The molecule has 0 atom stereocenters. The molecule has 0 unspecified atom stereocenters. The summed E-state index contributed by atoms with van der Waals surface area (Å²) in [5.74, 6) is -1.52. The molecule has 1 aliphatic heterocycles. The van der Waals surface area contributed by atoms with Crippen molar-refractivity contribution in [1.82, 2.24) is 14.9 Å². The first-order valence-corrected chi connectivity index (χ1v) is 7.95. The topological polar surface area (TPSA) is 83.4 Å². The summed E-state index contributed by atoms with van der Waals surface area (Å²) in [5.41, 5.74) is 0.104. The van der Waals surface area contributed by atoms with Gasteiger partial charge in [0.15, 0.2) is 11.4 Å². The van der Waals surface area contributed by atoms with Crippen molar-refractivity contribution in [2.75, 3.05) is 13.1 Å². The third-order valence-corrected chi connectivity index (χ3v) is 5.13. The van der Waals surface area contributed by atoms with Gasteiger partial charge in [-0.25, -0.2) is 14.8 Å². The summed E-state index contributed by atoms with van der Waals surface area (Å²) < 4.78 is 0. The number of hydrogen-bond donors (Lipinski definition) is 1. The summed E-state index contributed by atoms with van der Waals surface area (Å²) in [5, 5.41) is 9.14. The normalized spacial score (nSPS) is 20.8. The third kappa shape index (κ3) is 2.82. The van der Waals surface area contributed by atoms with Gasteiger partial charge in [0, 0.05) is 25.5 Å². The molecule has 2 fully saturated rings. The highest BCUT2D eigenvalue weighted by Gasteiger charge is 2.37. The minimum Gasteiger partial charge on any atom is -0.476 e. The third-order valence-electron chi connectivity index (χ3n) is 5.13. The van der Waals surface area contributed by atoms with Crippen molar-refractivity contribution in [2.24, 2.45) is 5.41 Å². The summed E-state index contributed by atoms with van der Waals surface area (Å²) in [6.45, 7) is 1.38. The number of likely N-dealkylation sites (tertiary alicyclic amines) is 1. The molecule has 0 radical (unpaired) electrons. The Kier molecular flexibility index (Phi) is 4.09. The van der Waals surface area contributed by atoms with Crippen LogP contribution < -0.4 is 0 Å². The highest BCUT2D eigenvalue weighted by Crippen LogP contribution is 2.44. The number of aromatic nitrogens is 2. The van der Waals surface area contributed by atoms with E-state index in [1.54, 1.807) is 4.90 Å². The van der Waals surface area contributed by atoms with Gasteiger partial charge in [-0.3, -0.25) is 4.79 Å². The van der Waals surface area contributed by atoms with E-state index in [2.05, 4.69) is 9.97 Å². The first-order chi connectivity index (χ1) is 10.6. The van der Waals surface area contributed by atoms with E-state index in [0.717, 1.165) is 12.8 Å². The molecule has 6 heteroatoms. The van der Waals surface area contributed by atoms with Crippen LogP contribution in [0.5, 0.6) is 0 Å². The standard InChI is InChI=1S/C16H21N3O3/c20-14(12-13(15(21)22)18-9-8-17-12)19-10-6-16(7-11-19)4-2-1-3-5-16/h8-9H,1-7,10-11H2,(H,21,22). The average Bonchev–Trinajstić information content (AvgIpc) is 2.56. The van der Waals surface area contributed by atoms with E-state index >= 15 is 0 Å². The molecule has 0 aromatic carbocycles. The molecule has 1 amide bonds. The van der Waals surface area contributed by atoms with Gasteiger partial charge in [0.1, 0.15) is 0 Å². The molecule has 1 N–H and O–H groups in total. The number of nitrogens with zero attached hydrogens (tertiary/aromatic N) is 3. The van der Waals surface area contributed by atoms with E-state index in [1.165, 1.54) is 44.5 Å². The zero-order chi connectivity index (χ0) is 15.6. The van der Waals surface area contributed by atoms with Gasteiger partial charge < -0.3 is 10.0 Å². The number of carbonyl (C=O) groups excluding carboxylic acids is 1. The van der Waals surface area contributed by atoms with Crippen LogP contribution in [0.25, 0.3) is 0 Å². The van der Waals surface area contributed by atoms with Crippen LogP contribution in [-0.4, -0.2) is 44.9 Å². The van der Waals surface area contributed by atoms with Gasteiger partial charge in [-0.15, -0.1) is 0 Å². The molecule has 1 aromatic rings. The molecule has 118 valence electrons. The SMILES string of the molecule is O=C(O)c1nccnc1C(=O)N1CCC2(CCCCC2)CC1. The van der Waals surface area contributed by atoms with Crippen LogP contribution in [0.2, 0.25) is 0 Å². The zero-order valence-corrected chi connectivity index (χ0v) is 12.6. The Balaban J connectivity index is 1.71. The summed E-state index contributed by atoms with van der Waals surface area (Å²) in [7, 11) is 0. The lowest BCUT2D eigenvalue weighted by atomic mass is 9.68. The van der Waals surface area contributed by atoms with Gasteiger partial charge >= 0.3 is 5.97 Å². The number of aromatic carboxylic acids is 1. The van der Waals surface area contributed by atoms with Crippen molar-refractivity contribution in [3.63, 3.8) is 0 Å². The first kappa shape index (κ1) is 14.9. The maximum atomic E-state index is 12.6. The van der Waals surface area contributed by atoms with Crippen molar-refractivity contribution < 1.29 is 14.7 Å². The maximum absolute atomic E-state index is 12.6. The van der Waals surface area contributed by atoms with Gasteiger partial charge in [0.05, 0.1) is 0 Å². The van der Waals surface area contributed by atoms with E-state index in [4.69, 9.17) is 5.11 Å². The van der Waals surface area contributed by atoms with Gasteiger partial charge in [-0.05, 0) is 31.1 Å². The Morgan fingerprint density at radius 2 is 1.55 bits per heavy atom. The van der Waals surface area contributed by atoms with Crippen molar-refractivity contribution in [3.8, 4) is 0 Å². The molecule has 3 rings (SSSR count). The van der Waals surface area contributed by atoms with Crippen molar-refractivity contribution in [2.45, 2.75) is 44.9 Å². The maximum Gasteiger partial charge on any atom is 0.356 e. The van der Waals surface area contributed by atoms with E-state index in [1.807, 2.05) is 0 Å². The Hall–Kier alpha value is -1.98. The van der Waals surface area contributed by atoms with Crippen LogP contribution in [0.15, 0.2) is 12.4 Å². The predicted molar refractivity (Wildman–Crippen MR) is 79.6 cm³/mol. The predicted octanol–water partition coefficient (Wildman–Crippen LogP) is 2.36. The van der Waals surface area contributed by atoms with E-state index in [-0.39, 0.29) is 17.3 Å². The fourth-order valence-corrected chi connectivity index (χ4v) is 3.79. The van der Waals surface area contributed by atoms with Gasteiger partial charge in [-0.2, -0.15) is 0 Å². The summed E-state index contributed by atoms with van der Waals surface area (Å²) in [4.78, 5) is 33.2. The molecule has 6 nitrogen and oxygen atoms in total. The lowest BCUT2D eigenvalue weighted by Crippen LogP contribution is -2.44. The van der Waals surface area contributed by atoms with E-state index in [0.29, 0.717) is 18.5 Å². The number of carboxylic acid groups (broad SMARTS) is 1. The molecule has 2 aliphatic rings. The van der Waals surface area contributed by atoms with Crippen molar-refractivity contribution >= 4 is 11.9 Å².